The van der Waals surface area contributed by atoms with Crippen LogP contribution < -0.4 is 5.32 Å². The summed E-state index contributed by atoms with van der Waals surface area (Å²) in [7, 11) is 0. The Morgan fingerprint density at radius 1 is 1.53 bits per heavy atom. The molecule has 1 aromatic heterocycles. The van der Waals surface area contributed by atoms with Gasteiger partial charge in [-0.3, -0.25) is 10.1 Å². The molecule has 1 rings (SSSR count). The van der Waals surface area contributed by atoms with Crippen LogP contribution in [-0.2, 0) is 4.74 Å². The van der Waals surface area contributed by atoms with Crippen molar-refractivity contribution >= 4 is 17.4 Å². The molecule has 0 saturated carbocycles. The van der Waals surface area contributed by atoms with Gasteiger partial charge in [-0.1, -0.05) is 6.07 Å². The average Bonchev–Trinajstić information content (AvgIpc) is 2.75. The van der Waals surface area contributed by atoms with E-state index in [1.807, 2.05) is 5.38 Å². The average molecular weight is 286 g/mol. The van der Waals surface area contributed by atoms with Gasteiger partial charge in [0.2, 0.25) is 6.04 Å². The highest BCUT2D eigenvalue weighted by atomic mass is 32.1. The van der Waals surface area contributed by atoms with Crippen molar-refractivity contribution in [1.82, 2.24) is 5.32 Å². The fraction of sp³-hybridized carbons (Fsp3) is 0.583. The van der Waals surface area contributed by atoms with Gasteiger partial charge in [0.15, 0.2) is 0 Å². The maximum Gasteiger partial charge on any atom is 0.408 e. The molecule has 1 N–H and O–H groups in total. The molecule has 1 heterocycles. The second-order valence-corrected chi connectivity index (χ2v) is 6.14. The number of carbonyl (C=O) groups excluding carboxylic acids is 1. The van der Waals surface area contributed by atoms with Crippen LogP contribution >= 0.6 is 11.3 Å². The highest BCUT2D eigenvalue weighted by Crippen LogP contribution is 2.24. The van der Waals surface area contributed by atoms with Gasteiger partial charge < -0.3 is 10.1 Å². The fourth-order valence-corrected chi connectivity index (χ4v) is 2.33. The standard InChI is InChI=1S/C12H18N2O4S/c1-8(14(16)17)10(9-6-5-7-19-9)13-11(15)18-12(2,3)4/h5-8,10H,1-4H3,(H,13,15)/t8-,10+/m1/s1. The van der Waals surface area contributed by atoms with Gasteiger partial charge in [0, 0.05) is 16.7 Å². The summed E-state index contributed by atoms with van der Waals surface area (Å²) in [5.74, 6) is 0. The third-order valence-electron chi connectivity index (χ3n) is 2.34. The molecule has 7 heteroatoms. The van der Waals surface area contributed by atoms with Crippen molar-refractivity contribution in [2.45, 2.75) is 45.4 Å². The number of hydrogen-bond donors (Lipinski definition) is 1. The van der Waals surface area contributed by atoms with Crippen molar-refractivity contribution < 1.29 is 14.5 Å². The molecule has 0 aliphatic heterocycles. The number of nitro groups is 1. The largest absolute Gasteiger partial charge is 0.444 e. The highest BCUT2D eigenvalue weighted by molar-refractivity contribution is 7.10. The summed E-state index contributed by atoms with van der Waals surface area (Å²) in [6, 6.07) is 1.93. The van der Waals surface area contributed by atoms with E-state index < -0.39 is 28.7 Å². The zero-order chi connectivity index (χ0) is 14.6. The van der Waals surface area contributed by atoms with Crippen LogP contribution in [0.5, 0.6) is 0 Å². The van der Waals surface area contributed by atoms with E-state index in [9.17, 15) is 14.9 Å². The number of nitrogens with one attached hydrogen (secondary N) is 1. The van der Waals surface area contributed by atoms with Crippen molar-refractivity contribution in [3.05, 3.63) is 32.5 Å². The van der Waals surface area contributed by atoms with Crippen molar-refractivity contribution in [1.29, 1.82) is 0 Å². The Bertz CT molecular complexity index is 439. The normalized spacial score (nSPS) is 14.5. The maximum atomic E-state index is 11.7. The summed E-state index contributed by atoms with van der Waals surface area (Å²) in [6.45, 7) is 6.68. The third kappa shape index (κ3) is 4.86. The molecule has 1 amide bonds. The molecule has 0 radical (unpaired) electrons. The van der Waals surface area contributed by atoms with Gasteiger partial charge in [0.05, 0.1) is 0 Å². The number of nitrogens with zero attached hydrogens (tertiary/aromatic N) is 1. The molecule has 106 valence electrons. The molecule has 0 bridgehead atoms. The first-order chi connectivity index (χ1) is 8.70. The SMILES string of the molecule is C[C@H]([C@H](NC(=O)OC(C)(C)C)c1cccs1)[N+](=O)[O-]. The summed E-state index contributed by atoms with van der Waals surface area (Å²) in [6.07, 6.45) is -0.653. The van der Waals surface area contributed by atoms with Gasteiger partial charge in [-0.2, -0.15) is 0 Å². The van der Waals surface area contributed by atoms with Gasteiger partial charge in [0.1, 0.15) is 11.6 Å². The van der Waals surface area contributed by atoms with Crippen molar-refractivity contribution in [3.8, 4) is 0 Å². The Morgan fingerprint density at radius 3 is 2.58 bits per heavy atom. The summed E-state index contributed by atoms with van der Waals surface area (Å²) >= 11 is 1.36. The fourth-order valence-electron chi connectivity index (χ4n) is 1.45. The van der Waals surface area contributed by atoms with Crippen LogP contribution in [0.25, 0.3) is 0 Å². The molecule has 19 heavy (non-hydrogen) atoms. The van der Waals surface area contributed by atoms with Crippen LogP contribution in [-0.4, -0.2) is 22.7 Å². The van der Waals surface area contributed by atoms with Crippen LogP contribution in [0.15, 0.2) is 17.5 Å². The molecule has 0 aromatic carbocycles. The Balaban J connectivity index is 2.82. The van der Waals surface area contributed by atoms with Gasteiger partial charge in [-0.25, -0.2) is 4.79 Å². The number of carbonyl (C=O) groups is 1. The minimum absolute atomic E-state index is 0.415. The Kier molecular flexibility index (Phi) is 4.88. The summed E-state index contributed by atoms with van der Waals surface area (Å²) in [4.78, 5) is 23.0. The number of ether oxygens (including phenoxy) is 1. The molecular formula is C12H18N2O4S. The lowest BCUT2D eigenvalue weighted by Crippen LogP contribution is -2.40. The zero-order valence-electron chi connectivity index (χ0n) is 11.4. The van der Waals surface area contributed by atoms with E-state index in [-0.39, 0.29) is 0 Å². The van der Waals surface area contributed by atoms with Crippen LogP contribution in [0.1, 0.15) is 38.6 Å². The van der Waals surface area contributed by atoms with E-state index >= 15 is 0 Å². The van der Waals surface area contributed by atoms with Crippen molar-refractivity contribution in [3.63, 3.8) is 0 Å². The van der Waals surface area contributed by atoms with E-state index in [2.05, 4.69) is 5.32 Å². The molecule has 2 atom stereocenters. The Hall–Kier alpha value is -1.63. The predicted molar refractivity (Wildman–Crippen MR) is 72.9 cm³/mol. The smallest absolute Gasteiger partial charge is 0.408 e. The molecule has 0 aliphatic carbocycles. The number of hydrogen-bond acceptors (Lipinski definition) is 5. The molecule has 0 aliphatic rings. The molecule has 0 saturated heterocycles. The lowest BCUT2D eigenvalue weighted by atomic mass is 10.1. The molecule has 6 nitrogen and oxygen atoms in total. The quantitative estimate of drug-likeness (QED) is 0.681. The second kappa shape index (κ2) is 6.01. The summed E-state index contributed by atoms with van der Waals surface area (Å²) < 4.78 is 5.13. The first kappa shape index (κ1) is 15.4. The lowest BCUT2D eigenvalue weighted by Gasteiger charge is -2.23. The topological polar surface area (TPSA) is 81.5 Å². The van der Waals surface area contributed by atoms with Gasteiger partial charge in [0.25, 0.3) is 0 Å². The van der Waals surface area contributed by atoms with Crippen LogP contribution in [0, 0.1) is 10.1 Å². The monoisotopic (exact) mass is 286 g/mol. The first-order valence-corrected chi connectivity index (χ1v) is 6.75. The van der Waals surface area contributed by atoms with Crippen LogP contribution in [0.4, 0.5) is 4.79 Å². The van der Waals surface area contributed by atoms with Crippen molar-refractivity contribution in [2.75, 3.05) is 0 Å². The third-order valence-corrected chi connectivity index (χ3v) is 3.29. The van der Waals surface area contributed by atoms with Gasteiger partial charge >= 0.3 is 6.09 Å². The highest BCUT2D eigenvalue weighted by Gasteiger charge is 2.32. The van der Waals surface area contributed by atoms with E-state index in [0.29, 0.717) is 0 Å². The van der Waals surface area contributed by atoms with E-state index in [1.54, 1.807) is 32.9 Å². The summed E-state index contributed by atoms with van der Waals surface area (Å²) in [5, 5.41) is 15.3. The molecule has 1 aromatic rings. The van der Waals surface area contributed by atoms with Crippen LogP contribution in [0.2, 0.25) is 0 Å². The minimum Gasteiger partial charge on any atom is -0.444 e. The number of amides is 1. The zero-order valence-corrected chi connectivity index (χ0v) is 12.2. The van der Waals surface area contributed by atoms with E-state index in [0.717, 1.165) is 4.88 Å². The lowest BCUT2D eigenvalue weighted by molar-refractivity contribution is -0.523. The minimum atomic E-state index is -0.925. The van der Waals surface area contributed by atoms with Gasteiger partial charge in [-0.15, -0.1) is 11.3 Å². The van der Waals surface area contributed by atoms with Crippen molar-refractivity contribution in [2.24, 2.45) is 0 Å². The maximum absolute atomic E-state index is 11.7. The molecule has 0 unspecified atom stereocenters. The predicted octanol–water partition coefficient (Wildman–Crippen LogP) is 2.98. The van der Waals surface area contributed by atoms with E-state index in [1.165, 1.54) is 18.3 Å². The van der Waals surface area contributed by atoms with Crippen LogP contribution in [0.3, 0.4) is 0 Å². The number of rotatable bonds is 4. The van der Waals surface area contributed by atoms with Gasteiger partial charge in [-0.05, 0) is 32.2 Å². The molecule has 0 fully saturated rings. The van der Waals surface area contributed by atoms with E-state index in [4.69, 9.17) is 4.74 Å². The summed E-state index contributed by atoms with van der Waals surface area (Å²) in [5.41, 5.74) is -0.637. The molecular weight excluding hydrogens is 268 g/mol. The Labute approximate surface area is 115 Å². The number of thiophene rings is 1. The second-order valence-electron chi connectivity index (χ2n) is 5.17. The first-order valence-electron chi connectivity index (χ1n) is 5.87. The molecule has 0 spiro atoms. The Morgan fingerprint density at radius 2 is 2.16 bits per heavy atom. The number of alkyl carbamates (subject to hydrolysis) is 1.